The maximum atomic E-state index is 6.23. The third kappa shape index (κ3) is 4.80. The van der Waals surface area contributed by atoms with Crippen molar-refractivity contribution in [3.8, 4) is 11.5 Å². The maximum absolute atomic E-state index is 6.23. The Morgan fingerprint density at radius 2 is 2.16 bits per heavy atom. The molecule has 1 fully saturated rings. The highest BCUT2D eigenvalue weighted by Crippen LogP contribution is 2.33. The minimum Gasteiger partial charge on any atom is -0.420 e. The molecule has 0 radical (unpaired) electrons. The molecule has 0 bridgehead atoms. The van der Waals surface area contributed by atoms with Gasteiger partial charge in [-0.15, -0.1) is 21.5 Å². The van der Waals surface area contributed by atoms with Gasteiger partial charge in [-0.2, -0.15) is 5.10 Å². The Kier molecular flexibility index (Phi) is 6.55. The summed E-state index contributed by atoms with van der Waals surface area (Å²) in [5.41, 5.74) is 9.14. The second-order valence-electron chi connectivity index (χ2n) is 9.35. The zero-order valence-corrected chi connectivity index (χ0v) is 21.5. The quantitative estimate of drug-likeness (QED) is 0.275. The van der Waals surface area contributed by atoms with Crippen LogP contribution in [0.15, 0.2) is 64.1 Å². The highest BCUT2D eigenvalue weighted by atomic mass is 32.1. The molecule has 0 saturated carbocycles. The van der Waals surface area contributed by atoms with E-state index >= 15 is 0 Å². The van der Waals surface area contributed by atoms with Gasteiger partial charge in [0.25, 0.3) is 0 Å². The number of hydrogen-bond acceptors (Lipinski definition) is 8. The van der Waals surface area contributed by atoms with E-state index in [-0.39, 0.29) is 5.92 Å². The van der Waals surface area contributed by atoms with Crippen LogP contribution in [0, 0.1) is 0 Å². The second-order valence-corrected chi connectivity index (χ2v) is 10.5. The van der Waals surface area contributed by atoms with Crippen LogP contribution in [-0.2, 0) is 6.54 Å². The first-order valence-electron chi connectivity index (χ1n) is 12.7. The number of aliphatic imine (C=N–C) groups is 1. The summed E-state index contributed by atoms with van der Waals surface area (Å²) in [7, 11) is 0. The lowest BCUT2D eigenvalue weighted by Crippen LogP contribution is -2.33. The van der Waals surface area contributed by atoms with Gasteiger partial charge in [0, 0.05) is 58.1 Å². The highest BCUT2D eigenvalue weighted by molar-refractivity contribution is 7.19. The Labute approximate surface area is 218 Å². The summed E-state index contributed by atoms with van der Waals surface area (Å²) in [5.74, 6) is 1.46. The third-order valence-corrected chi connectivity index (χ3v) is 7.93. The minimum absolute atomic E-state index is 0.231. The lowest BCUT2D eigenvalue weighted by Gasteiger charge is -2.30. The Bertz CT molecular complexity index is 1560. The van der Waals surface area contributed by atoms with Gasteiger partial charge in [-0.05, 0) is 62.0 Å². The Morgan fingerprint density at radius 3 is 3.03 bits per heavy atom. The van der Waals surface area contributed by atoms with Crippen molar-refractivity contribution in [3.05, 3.63) is 71.2 Å². The van der Waals surface area contributed by atoms with E-state index in [0.29, 0.717) is 18.3 Å². The van der Waals surface area contributed by atoms with E-state index < -0.39 is 0 Å². The molecule has 2 aromatic carbocycles. The van der Waals surface area contributed by atoms with Crippen molar-refractivity contribution in [3.63, 3.8) is 0 Å². The number of nitrogens with one attached hydrogen (secondary N) is 1. The molecule has 1 unspecified atom stereocenters. The zero-order valence-electron chi connectivity index (χ0n) is 20.7. The minimum atomic E-state index is 0.231. The largest absolute Gasteiger partial charge is 0.420 e. The van der Waals surface area contributed by atoms with Crippen LogP contribution in [0.25, 0.3) is 38.0 Å². The molecule has 1 atom stereocenters. The molecule has 0 spiro atoms. The number of aromatic nitrogens is 4. The van der Waals surface area contributed by atoms with Gasteiger partial charge in [0.1, 0.15) is 5.69 Å². The molecule has 3 N–H and O–H groups in total. The average molecular weight is 512 g/mol. The van der Waals surface area contributed by atoms with Gasteiger partial charge < -0.3 is 10.2 Å². The van der Waals surface area contributed by atoms with E-state index in [9.17, 15) is 0 Å². The maximum Gasteiger partial charge on any atom is 0.247 e. The molecule has 5 aromatic rings. The molecule has 8 nitrogen and oxygen atoms in total. The van der Waals surface area contributed by atoms with E-state index in [2.05, 4.69) is 60.6 Å². The number of allylic oxidation sites excluding steroid dienone is 1. The summed E-state index contributed by atoms with van der Waals surface area (Å²) < 4.78 is 7.57. The molecule has 37 heavy (non-hydrogen) atoms. The van der Waals surface area contributed by atoms with E-state index in [1.54, 1.807) is 6.21 Å². The first-order chi connectivity index (χ1) is 18.2. The van der Waals surface area contributed by atoms with Gasteiger partial charge in [0.2, 0.25) is 11.8 Å². The molecule has 0 aliphatic carbocycles. The van der Waals surface area contributed by atoms with Crippen LogP contribution in [0.2, 0.25) is 0 Å². The standard InChI is InChI=1S/C28H29N7OS/c1-2-30-15-21(14-29)26-23-13-19(9-10-24(23)31-32-26)27-33-34-28(36-27)20-7-5-11-35(16-20)17-22-12-18-6-3-4-8-25(18)37-22/h3-4,6,8-10,12-15,20H,2,5,7,11,16-17,29H2,1H3,(H,31,32). The van der Waals surface area contributed by atoms with Crippen LogP contribution < -0.4 is 5.73 Å². The first kappa shape index (κ1) is 23.6. The van der Waals surface area contributed by atoms with Crippen molar-refractivity contribution in [2.45, 2.75) is 32.2 Å². The lowest BCUT2D eigenvalue weighted by molar-refractivity contribution is 0.188. The Hall–Kier alpha value is -3.82. The fraction of sp³-hybridized carbons (Fsp3) is 0.286. The fourth-order valence-corrected chi connectivity index (χ4v) is 6.10. The molecule has 6 rings (SSSR count). The van der Waals surface area contributed by atoms with Crippen LogP contribution in [0.1, 0.15) is 42.1 Å². The molecule has 0 amide bonds. The molecular weight excluding hydrogens is 482 g/mol. The normalized spacial score (nSPS) is 17.4. The summed E-state index contributed by atoms with van der Waals surface area (Å²) >= 11 is 1.88. The van der Waals surface area contributed by atoms with Gasteiger partial charge >= 0.3 is 0 Å². The van der Waals surface area contributed by atoms with E-state index in [1.165, 1.54) is 21.2 Å². The number of piperidine rings is 1. The lowest BCUT2D eigenvalue weighted by atomic mass is 9.98. The summed E-state index contributed by atoms with van der Waals surface area (Å²) in [6.45, 7) is 5.62. The highest BCUT2D eigenvalue weighted by Gasteiger charge is 2.26. The number of thiophene rings is 1. The van der Waals surface area contributed by atoms with E-state index in [4.69, 9.17) is 10.2 Å². The second kappa shape index (κ2) is 10.3. The van der Waals surface area contributed by atoms with Crippen molar-refractivity contribution in [1.29, 1.82) is 0 Å². The summed E-state index contributed by atoms with van der Waals surface area (Å²) in [5, 5.41) is 18.6. The molecular formula is C28H29N7OS. The van der Waals surface area contributed by atoms with Gasteiger partial charge in [-0.25, -0.2) is 0 Å². The van der Waals surface area contributed by atoms with Crippen LogP contribution >= 0.6 is 11.3 Å². The van der Waals surface area contributed by atoms with Gasteiger partial charge in [-0.1, -0.05) is 18.2 Å². The van der Waals surface area contributed by atoms with Crippen LogP contribution in [0.3, 0.4) is 0 Å². The molecule has 188 valence electrons. The zero-order chi connectivity index (χ0) is 25.2. The SMILES string of the molecule is CCN=CC(=CN)c1n[nH]c2ccc(-c3nnc(C4CCCN(Cc5cc6ccccc6s5)C4)o3)cc12. The molecule has 1 aliphatic rings. The van der Waals surface area contributed by atoms with Gasteiger partial charge in [0.05, 0.1) is 11.4 Å². The van der Waals surface area contributed by atoms with Crippen molar-refractivity contribution >= 4 is 44.1 Å². The topological polar surface area (TPSA) is 109 Å². The number of nitrogens with two attached hydrogens (primary N) is 1. The number of nitrogens with zero attached hydrogens (tertiary/aromatic N) is 5. The summed E-state index contributed by atoms with van der Waals surface area (Å²) in [6.07, 6.45) is 5.45. The summed E-state index contributed by atoms with van der Waals surface area (Å²) in [4.78, 5) is 8.21. The van der Waals surface area contributed by atoms with Crippen LogP contribution in [0.4, 0.5) is 0 Å². The third-order valence-electron chi connectivity index (χ3n) is 6.83. The van der Waals surface area contributed by atoms with E-state index in [1.807, 2.05) is 36.5 Å². The van der Waals surface area contributed by atoms with Crippen molar-refractivity contribution in [2.24, 2.45) is 10.7 Å². The number of H-pyrrole nitrogens is 1. The van der Waals surface area contributed by atoms with Gasteiger partial charge in [-0.3, -0.25) is 15.0 Å². The van der Waals surface area contributed by atoms with Gasteiger partial charge in [0.15, 0.2) is 0 Å². The van der Waals surface area contributed by atoms with Crippen LogP contribution in [-0.4, -0.2) is 51.1 Å². The number of benzene rings is 2. The molecule has 1 aliphatic heterocycles. The monoisotopic (exact) mass is 511 g/mol. The van der Waals surface area contributed by atoms with Crippen LogP contribution in [0.5, 0.6) is 0 Å². The Balaban J connectivity index is 1.20. The van der Waals surface area contributed by atoms with Crippen molar-refractivity contribution < 1.29 is 4.42 Å². The van der Waals surface area contributed by atoms with E-state index in [0.717, 1.165) is 60.2 Å². The number of likely N-dealkylation sites (tertiary alicyclic amines) is 1. The first-order valence-corrected chi connectivity index (χ1v) is 13.5. The molecule has 1 saturated heterocycles. The smallest absolute Gasteiger partial charge is 0.247 e. The van der Waals surface area contributed by atoms with Crippen molar-refractivity contribution in [1.82, 2.24) is 25.3 Å². The molecule has 9 heteroatoms. The average Bonchev–Trinajstić information content (AvgIpc) is 3.67. The van der Waals surface area contributed by atoms with Crippen molar-refractivity contribution in [2.75, 3.05) is 19.6 Å². The fourth-order valence-electron chi connectivity index (χ4n) is 4.99. The number of rotatable bonds is 7. The predicted octanol–water partition coefficient (Wildman–Crippen LogP) is 5.60. The Morgan fingerprint density at radius 1 is 1.24 bits per heavy atom. The number of hydrogen-bond donors (Lipinski definition) is 2. The molecule has 3 aromatic heterocycles. The number of aromatic amines is 1. The summed E-state index contributed by atoms with van der Waals surface area (Å²) in [6, 6.07) is 16.9. The predicted molar refractivity (Wildman–Crippen MR) is 150 cm³/mol. The number of fused-ring (bicyclic) bond motifs is 2. The molecule has 4 heterocycles.